The van der Waals surface area contributed by atoms with E-state index in [0.717, 1.165) is 38.5 Å². The lowest BCUT2D eigenvalue weighted by atomic mass is 9.43. The van der Waals surface area contributed by atoms with Crippen LogP contribution in [0.2, 0.25) is 0 Å². The van der Waals surface area contributed by atoms with Crippen molar-refractivity contribution in [3.8, 4) is 0 Å². The van der Waals surface area contributed by atoms with Crippen molar-refractivity contribution in [2.24, 2.45) is 46.3 Å². The van der Waals surface area contributed by atoms with Crippen LogP contribution >= 0.6 is 0 Å². The highest BCUT2D eigenvalue weighted by Crippen LogP contribution is 2.68. The van der Waals surface area contributed by atoms with E-state index in [0.29, 0.717) is 25.2 Å². The summed E-state index contributed by atoms with van der Waals surface area (Å²) in [7, 11) is 0. The van der Waals surface area contributed by atoms with Crippen molar-refractivity contribution in [1.82, 2.24) is 5.32 Å². The van der Waals surface area contributed by atoms with Gasteiger partial charge in [0.15, 0.2) is 0 Å². The van der Waals surface area contributed by atoms with Crippen molar-refractivity contribution >= 4 is 11.9 Å². The lowest BCUT2D eigenvalue weighted by Crippen LogP contribution is -2.62. The van der Waals surface area contributed by atoms with Gasteiger partial charge >= 0.3 is 5.97 Å². The largest absolute Gasteiger partial charge is 0.480 e. The second-order valence-electron chi connectivity index (χ2n) is 12.2. The molecule has 11 atom stereocenters. The van der Waals surface area contributed by atoms with Gasteiger partial charge < -0.3 is 25.7 Å². The molecule has 0 aromatic carbocycles. The molecule has 4 aliphatic carbocycles. The molecular formula is C26H43NO6. The summed E-state index contributed by atoms with van der Waals surface area (Å²) in [5, 5.41) is 44.4. The van der Waals surface area contributed by atoms with Gasteiger partial charge in [0, 0.05) is 6.42 Å². The Labute approximate surface area is 197 Å². The second kappa shape index (κ2) is 9.12. The van der Waals surface area contributed by atoms with E-state index >= 15 is 0 Å². The van der Waals surface area contributed by atoms with Crippen molar-refractivity contribution in [3.05, 3.63) is 0 Å². The summed E-state index contributed by atoms with van der Waals surface area (Å²) in [6, 6.07) is 0. The molecule has 4 rings (SSSR count). The topological polar surface area (TPSA) is 127 Å². The lowest BCUT2D eigenvalue weighted by Gasteiger charge is -2.63. The number of fused-ring (bicyclic) bond motifs is 5. The van der Waals surface area contributed by atoms with E-state index in [1.165, 1.54) is 0 Å². The molecule has 4 saturated carbocycles. The van der Waals surface area contributed by atoms with Gasteiger partial charge in [-0.25, -0.2) is 0 Å². The van der Waals surface area contributed by atoms with Crippen molar-refractivity contribution in [2.45, 2.75) is 96.9 Å². The van der Waals surface area contributed by atoms with Crippen molar-refractivity contribution in [1.29, 1.82) is 0 Å². The average molecular weight is 466 g/mol. The maximum Gasteiger partial charge on any atom is 0.322 e. The molecule has 4 fully saturated rings. The van der Waals surface area contributed by atoms with E-state index in [4.69, 9.17) is 5.11 Å². The maximum absolute atomic E-state index is 12.0. The van der Waals surface area contributed by atoms with Gasteiger partial charge in [0.25, 0.3) is 0 Å². The fourth-order valence-electron chi connectivity index (χ4n) is 8.95. The number of carbonyl (C=O) groups is 2. The number of carboxylic acids is 1. The molecule has 0 aliphatic heterocycles. The Morgan fingerprint density at radius 1 is 1.03 bits per heavy atom. The normalized spacial score (nSPS) is 47.7. The number of carbonyl (C=O) groups excluding carboxylic acids is 1. The van der Waals surface area contributed by atoms with Crippen LogP contribution in [0.15, 0.2) is 0 Å². The van der Waals surface area contributed by atoms with Gasteiger partial charge in [-0.05, 0) is 97.7 Å². The third kappa shape index (κ3) is 4.23. The summed E-state index contributed by atoms with van der Waals surface area (Å²) in [6.45, 7) is 6.35. The highest BCUT2D eigenvalue weighted by Gasteiger charge is 2.65. The van der Waals surface area contributed by atoms with E-state index in [9.17, 15) is 24.9 Å². The predicted molar refractivity (Wildman–Crippen MR) is 123 cm³/mol. The molecule has 0 saturated heterocycles. The molecule has 0 spiro atoms. The van der Waals surface area contributed by atoms with E-state index in [2.05, 4.69) is 26.1 Å². The van der Waals surface area contributed by atoms with Gasteiger partial charge in [-0.1, -0.05) is 20.8 Å². The first-order chi connectivity index (χ1) is 15.5. The summed E-state index contributed by atoms with van der Waals surface area (Å²) < 4.78 is 0. The monoisotopic (exact) mass is 465 g/mol. The summed E-state index contributed by atoms with van der Waals surface area (Å²) in [6.07, 6.45) is 5.86. The number of amides is 1. The number of nitrogens with one attached hydrogen (secondary N) is 1. The van der Waals surface area contributed by atoms with Crippen LogP contribution in [0.5, 0.6) is 0 Å². The van der Waals surface area contributed by atoms with Crippen LogP contribution in [0.25, 0.3) is 0 Å². The Balaban J connectivity index is 1.49. The van der Waals surface area contributed by atoms with Gasteiger partial charge in [0.1, 0.15) is 6.54 Å². The van der Waals surface area contributed by atoms with Gasteiger partial charge in [-0.2, -0.15) is 0 Å². The Bertz CT molecular complexity index is 759. The molecular weight excluding hydrogens is 422 g/mol. The Hall–Kier alpha value is -1.18. The maximum atomic E-state index is 12.0. The fraction of sp³-hybridized carbons (Fsp3) is 0.923. The lowest BCUT2D eigenvalue weighted by molar-refractivity contribution is -0.207. The van der Waals surface area contributed by atoms with Gasteiger partial charge in [0.05, 0.1) is 18.3 Å². The molecule has 7 heteroatoms. The van der Waals surface area contributed by atoms with Crippen LogP contribution in [0, 0.1) is 46.3 Å². The van der Waals surface area contributed by atoms with E-state index in [-0.39, 0.29) is 65.1 Å². The van der Waals surface area contributed by atoms with Crippen LogP contribution in [-0.4, -0.2) is 57.2 Å². The number of rotatable bonds is 6. The molecule has 0 unspecified atom stereocenters. The first kappa shape index (κ1) is 24.9. The number of aliphatic hydroxyl groups is 3. The Kier molecular flexibility index (Phi) is 6.89. The smallest absolute Gasteiger partial charge is 0.322 e. The first-order valence-corrected chi connectivity index (χ1v) is 13.0. The number of aliphatic hydroxyl groups excluding tert-OH is 3. The quantitative estimate of drug-likeness (QED) is 0.410. The number of hydrogen-bond donors (Lipinski definition) is 5. The Morgan fingerprint density at radius 3 is 2.45 bits per heavy atom. The standard InChI is InChI=1S/C26H43NO6/c1-14(4-7-22(31)27-13-23(32)33)17-5-6-18-24-19(12-21(30)26(17,18)3)25(2)9-8-16(28)10-15(25)11-20(24)29/h14-21,24,28-30H,4-13H2,1-3H3,(H,27,31)(H,32,33)/t14-,15+,16-,17-,18-,19-,20-,21+,24-,25+,26-/m1/s1. The van der Waals surface area contributed by atoms with Gasteiger partial charge in [-0.15, -0.1) is 0 Å². The first-order valence-electron chi connectivity index (χ1n) is 13.0. The molecule has 0 bridgehead atoms. The molecule has 7 nitrogen and oxygen atoms in total. The molecule has 33 heavy (non-hydrogen) atoms. The molecule has 0 heterocycles. The van der Waals surface area contributed by atoms with Crippen LogP contribution in [0.4, 0.5) is 0 Å². The second-order valence-corrected chi connectivity index (χ2v) is 12.2. The average Bonchev–Trinajstić information content (AvgIpc) is 3.11. The fourth-order valence-corrected chi connectivity index (χ4v) is 8.95. The molecule has 4 aliphatic rings. The SMILES string of the molecule is C[C@H](CCC(=O)NCC(=O)O)[C@H]1CC[C@@H]2[C@H]3[C@H](O)C[C@@H]4C[C@H](O)CC[C@]4(C)[C@@H]3C[C@H](O)[C@@]21C. The minimum absolute atomic E-state index is 0.0668. The number of carboxylic acid groups (broad SMARTS) is 1. The van der Waals surface area contributed by atoms with Gasteiger partial charge in [0.2, 0.25) is 5.91 Å². The van der Waals surface area contributed by atoms with Crippen LogP contribution in [0.1, 0.15) is 78.6 Å². The summed E-state index contributed by atoms with van der Waals surface area (Å²) in [5.74, 6) is 0.265. The van der Waals surface area contributed by atoms with E-state index in [1.54, 1.807) is 0 Å². The zero-order valence-corrected chi connectivity index (χ0v) is 20.4. The van der Waals surface area contributed by atoms with E-state index < -0.39 is 12.1 Å². The third-order valence-corrected chi connectivity index (χ3v) is 10.8. The van der Waals surface area contributed by atoms with Gasteiger partial charge in [-0.3, -0.25) is 9.59 Å². The summed E-state index contributed by atoms with van der Waals surface area (Å²) in [5.41, 5.74) is -0.214. The summed E-state index contributed by atoms with van der Waals surface area (Å²) >= 11 is 0. The number of hydrogen-bond acceptors (Lipinski definition) is 5. The molecule has 1 amide bonds. The highest BCUT2D eigenvalue weighted by atomic mass is 16.4. The minimum atomic E-state index is -1.04. The Morgan fingerprint density at radius 2 is 1.76 bits per heavy atom. The zero-order chi connectivity index (χ0) is 24.1. The van der Waals surface area contributed by atoms with E-state index in [1.807, 2.05) is 0 Å². The molecule has 0 radical (unpaired) electrons. The zero-order valence-electron chi connectivity index (χ0n) is 20.4. The van der Waals surface area contributed by atoms with Crippen molar-refractivity contribution < 1.29 is 30.0 Å². The molecule has 5 N–H and O–H groups in total. The minimum Gasteiger partial charge on any atom is -0.480 e. The molecule has 188 valence electrons. The van der Waals surface area contributed by atoms with Crippen molar-refractivity contribution in [2.75, 3.05) is 6.54 Å². The van der Waals surface area contributed by atoms with Crippen LogP contribution in [-0.2, 0) is 9.59 Å². The highest BCUT2D eigenvalue weighted by molar-refractivity contribution is 5.81. The predicted octanol–water partition coefficient (Wildman–Crippen LogP) is 2.56. The molecule has 0 aromatic heterocycles. The van der Waals surface area contributed by atoms with Crippen LogP contribution < -0.4 is 5.32 Å². The number of aliphatic carboxylic acids is 1. The molecule has 0 aromatic rings. The van der Waals surface area contributed by atoms with Crippen LogP contribution in [0.3, 0.4) is 0 Å². The van der Waals surface area contributed by atoms with Crippen molar-refractivity contribution in [3.63, 3.8) is 0 Å². The third-order valence-electron chi connectivity index (χ3n) is 10.8. The summed E-state index contributed by atoms with van der Waals surface area (Å²) in [4.78, 5) is 22.7.